The van der Waals surface area contributed by atoms with Crippen LogP contribution in [0.1, 0.15) is 17.5 Å². The maximum absolute atomic E-state index is 13.0. The van der Waals surface area contributed by atoms with Crippen LogP contribution in [0.15, 0.2) is 78.0 Å². The summed E-state index contributed by atoms with van der Waals surface area (Å²) in [7, 11) is -0.764. The van der Waals surface area contributed by atoms with Crippen molar-refractivity contribution in [1.82, 2.24) is 13.7 Å². The van der Waals surface area contributed by atoms with Gasteiger partial charge < -0.3 is 13.9 Å². The lowest BCUT2D eigenvalue weighted by atomic mass is 10.0. The molecule has 0 saturated carbocycles. The Balaban J connectivity index is 1.35. The summed E-state index contributed by atoms with van der Waals surface area (Å²) in [5.74, 6) is 1.23. The smallest absolute Gasteiger partial charge is 0.416 e. The Labute approximate surface area is 217 Å². The lowest BCUT2D eigenvalue weighted by Crippen LogP contribution is -2.34. The summed E-state index contributed by atoms with van der Waals surface area (Å²) in [6.45, 7) is 0.339. The van der Waals surface area contributed by atoms with E-state index >= 15 is 0 Å². The molecule has 3 heterocycles. The molecule has 0 fully saturated rings. The number of methoxy groups -OCH3 is 2. The summed E-state index contributed by atoms with van der Waals surface area (Å²) < 4.78 is 78.3. The van der Waals surface area contributed by atoms with Crippen LogP contribution >= 0.6 is 0 Å². The van der Waals surface area contributed by atoms with E-state index in [-0.39, 0.29) is 18.0 Å². The molecule has 0 N–H and O–H groups in total. The van der Waals surface area contributed by atoms with E-state index in [9.17, 15) is 21.6 Å². The highest BCUT2D eigenvalue weighted by atomic mass is 32.2. The number of benzene rings is 2. The maximum atomic E-state index is 13.0. The number of pyridine rings is 1. The predicted octanol–water partition coefficient (Wildman–Crippen LogP) is 5.52. The van der Waals surface area contributed by atoms with Gasteiger partial charge in [0.1, 0.15) is 5.65 Å². The second kappa shape index (κ2) is 9.80. The van der Waals surface area contributed by atoms with Gasteiger partial charge in [0.05, 0.1) is 30.4 Å². The molecule has 0 radical (unpaired) electrons. The Morgan fingerprint density at radius 2 is 1.61 bits per heavy atom. The fourth-order valence-electron chi connectivity index (χ4n) is 4.41. The van der Waals surface area contributed by atoms with Crippen molar-refractivity contribution in [2.24, 2.45) is 0 Å². The molecule has 198 valence electrons. The van der Waals surface area contributed by atoms with Gasteiger partial charge in [0.25, 0.3) is 0 Å². The van der Waals surface area contributed by atoms with Gasteiger partial charge in [0.2, 0.25) is 10.0 Å². The fraction of sp³-hybridized carbons (Fsp3) is 0.222. The Bertz CT molecular complexity index is 1630. The van der Waals surface area contributed by atoms with E-state index in [0.29, 0.717) is 17.9 Å². The number of aromatic nitrogens is 2. The number of sulfonamides is 1. The van der Waals surface area contributed by atoms with Crippen LogP contribution in [0.2, 0.25) is 0 Å². The summed E-state index contributed by atoms with van der Waals surface area (Å²) in [5, 5.41) is 0. The van der Waals surface area contributed by atoms with Crippen LogP contribution in [-0.2, 0) is 16.2 Å². The molecular weight excluding hydrogens is 519 g/mol. The molecule has 2 aromatic carbocycles. The van der Waals surface area contributed by atoms with Crippen LogP contribution in [0.4, 0.5) is 13.2 Å². The lowest BCUT2D eigenvalue weighted by Gasteiger charge is -2.26. The predicted molar refractivity (Wildman–Crippen MR) is 137 cm³/mol. The van der Waals surface area contributed by atoms with Gasteiger partial charge in [-0.1, -0.05) is 6.08 Å². The number of hydrogen-bond donors (Lipinski definition) is 0. The molecule has 2 aromatic heterocycles. The highest BCUT2D eigenvalue weighted by Gasteiger charge is 2.32. The minimum Gasteiger partial charge on any atom is -0.493 e. The lowest BCUT2D eigenvalue weighted by molar-refractivity contribution is -0.137. The van der Waals surface area contributed by atoms with E-state index in [1.807, 2.05) is 53.2 Å². The Morgan fingerprint density at radius 1 is 0.895 bits per heavy atom. The van der Waals surface area contributed by atoms with Gasteiger partial charge in [-0.15, -0.1) is 0 Å². The van der Waals surface area contributed by atoms with E-state index in [2.05, 4.69) is 4.98 Å². The molecule has 0 bridgehead atoms. The zero-order valence-corrected chi connectivity index (χ0v) is 21.4. The third-order valence-electron chi connectivity index (χ3n) is 6.49. The molecule has 1 aliphatic heterocycles. The van der Waals surface area contributed by atoms with E-state index in [4.69, 9.17) is 9.47 Å². The fourth-order valence-corrected chi connectivity index (χ4v) is 5.79. The van der Waals surface area contributed by atoms with Crippen LogP contribution in [0.25, 0.3) is 22.5 Å². The van der Waals surface area contributed by atoms with E-state index in [1.165, 1.54) is 4.31 Å². The second-order valence-corrected chi connectivity index (χ2v) is 10.7. The van der Waals surface area contributed by atoms with Crippen molar-refractivity contribution < 1.29 is 31.1 Å². The first-order valence-corrected chi connectivity index (χ1v) is 13.1. The van der Waals surface area contributed by atoms with Gasteiger partial charge in [-0.2, -0.15) is 17.5 Å². The molecular formula is C27H24F3N3O4S. The van der Waals surface area contributed by atoms with Crippen molar-refractivity contribution in [3.63, 3.8) is 0 Å². The number of halogens is 3. The van der Waals surface area contributed by atoms with Crippen LogP contribution < -0.4 is 9.47 Å². The van der Waals surface area contributed by atoms with Crippen LogP contribution in [0.3, 0.4) is 0 Å². The Hall–Kier alpha value is -3.83. The molecule has 0 unspecified atom stereocenters. The molecule has 0 aliphatic carbocycles. The van der Waals surface area contributed by atoms with Gasteiger partial charge in [0, 0.05) is 31.0 Å². The first kappa shape index (κ1) is 25.8. The van der Waals surface area contributed by atoms with E-state index in [1.54, 1.807) is 14.2 Å². The number of imidazole rings is 1. The Morgan fingerprint density at radius 3 is 2.24 bits per heavy atom. The minimum absolute atomic E-state index is 0.123. The standard InChI is InChI=1S/C27H24F3N3O4S/c1-36-24-9-3-19(15-25(24)37-2)23-17-32-16-20(4-10-26(32)31-23)18-11-13-33(14-12-18)38(34,35)22-7-5-21(6-8-22)27(28,29)30/h3-11,15-17H,12-14H2,1-2H3. The summed E-state index contributed by atoms with van der Waals surface area (Å²) in [6, 6.07) is 13.0. The van der Waals surface area contributed by atoms with Crippen LogP contribution in [0, 0.1) is 0 Å². The first-order valence-electron chi connectivity index (χ1n) is 11.7. The van der Waals surface area contributed by atoms with E-state index in [0.717, 1.165) is 52.3 Å². The summed E-state index contributed by atoms with van der Waals surface area (Å²) >= 11 is 0. The number of hydrogen-bond acceptors (Lipinski definition) is 5. The number of rotatable bonds is 6. The van der Waals surface area contributed by atoms with Crippen LogP contribution in [0.5, 0.6) is 11.5 Å². The zero-order chi connectivity index (χ0) is 27.1. The molecule has 0 atom stereocenters. The molecule has 0 amide bonds. The molecule has 11 heteroatoms. The van der Waals surface area contributed by atoms with Crippen molar-refractivity contribution in [2.75, 3.05) is 27.3 Å². The average molecular weight is 544 g/mol. The number of fused-ring (bicyclic) bond motifs is 1. The third kappa shape index (κ3) is 4.86. The zero-order valence-electron chi connectivity index (χ0n) is 20.6. The topological polar surface area (TPSA) is 73.1 Å². The highest BCUT2D eigenvalue weighted by molar-refractivity contribution is 7.89. The third-order valence-corrected chi connectivity index (χ3v) is 8.37. The molecule has 0 spiro atoms. The van der Waals surface area contributed by atoms with Gasteiger partial charge in [-0.25, -0.2) is 13.4 Å². The Kier molecular flexibility index (Phi) is 6.66. The normalized spacial score (nSPS) is 14.9. The monoisotopic (exact) mass is 543 g/mol. The van der Waals surface area contributed by atoms with E-state index < -0.39 is 21.8 Å². The molecule has 1 aliphatic rings. The quantitative estimate of drug-likeness (QED) is 0.321. The molecule has 7 nitrogen and oxygen atoms in total. The second-order valence-electron chi connectivity index (χ2n) is 8.74. The summed E-state index contributed by atoms with van der Waals surface area (Å²) in [5.41, 5.74) is 3.40. The van der Waals surface area contributed by atoms with Crippen molar-refractivity contribution in [3.8, 4) is 22.8 Å². The van der Waals surface area contributed by atoms with Gasteiger partial charge >= 0.3 is 6.18 Å². The summed E-state index contributed by atoms with van der Waals surface area (Å²) in [6.07, 6.45) is 1.62. The summed E-state index contributed by atoms with van der Waals surface area (Å²) in [4.78, 5) is 4.53. The highest BCUT2D eigenvalue weighted by Crippen LogP contribution is 2.33. The minimum atomic E-state index is -4.52. The van der Waals surface area contributed by atoms with Crippen LogP contribution in [-0.4, -0.2) is 49.4 Å². The number of alkyl halides is 3. The van der Waals surface area contributed by atoms with Gasteiger partial charge in [-0.3, -0.25) is 0 Å². The van der Waals surface area contributed by atoms with Gasteiger partial charge in [-0.05, 0) is 72.2 Å². The largest absolute Gasteiger partial charge is 0.493 e. The maximum Gasteiger partial charge on any atom is 0.416 e. The SMILES string of the molecule is COc1ccc(-c2cn3cc(C4=CCN(S(=O)(=O)c5ccc(C(F)(F)F)cc5)CC4)ccc3n2)cc1OC. The van der Waals surface area contributed by atoms with Crippen molar-refractivity contribution in [3.05, 3.63) is 84.2 Å². The van der Waals surface area contributed by atoms with Crippen molar-refractivity contribution >= 4 is 21.2 Å². The number of nitrogens with zero attached hydrogens (tertiary/aromatic N) is 3. The number of ether oxygens (including phenoxy) is 2. The average Bonchev–Trinajstić information content (AvgIpc) is 3.36. The molecule has 0 saturated heterocycles. The molecule has 38 heavy (non-hydrogen) atoms. The molecule has 4 aromatic rings. The molecule has 5 rings (SSSR count). The first-order chi connectivity index (χ1) is 18.1. The van der Waals surface area contributed by atoms with Crippen molar-refractivity contribution in [2.45, 2.75) is 17.5 Å². The van der Waals surface area contributed by atoms with Crippen molar-refractivity contribution in [1.29, 1.82) is 0 Å². The van der Waals surface area contributed by atoms with Gasteiger partial charge in [0.15, 0.2) is 11.5 Å².